The number of hydrogen-bond donors (Lipinski definition) is 3. The molecule has 4 nitrogen and oxygen atoms in total. The van der Waals surface area contributed by atoms with E-state index < -0.39 is 0 Å². The number of aromatic hydroxyl groups is 1. The van der Waals surface area contributed by atoms with Gasteiger partial charge in [0.2, 0.25) is 0 Å². The molecule has 2 aromatic rings. The quantitative estimate of drug-likeness (QED) is 0.766. The van der Waals surface area contributed by atoms with E-state index >= 15 is 0 Å². The first-order valence-corrected chi connectivity index (χ1v) is 7.39. The summed E-state index contributed by atoms with van der Waals surface area (Å²) < 4.78 is 0. The monoisotopic (exact) mass is 319 g/mol. The number of amides is 1. The molecule has 1 atom stereocenters. The lowest BCUT2D eigenvalue weighted by Gasteiger charge is -2.16. The Hall–Kier alpha value is -2.04. The highest BCUT2D eigenvalue weighted by atomic mass is 35.5. The fourth-order valence-electron chi connectivity index (χ4n) is 2.16. The first-order valence-electron chi connectivity index (χ1n) is 7.01. The van der Waals surface area contributed by atoms with Gasteiger partial charge in [0.15, 0.2) is 0 Å². The van der Waals surface area contributed by atoms with Crippen molar-refractivity contribution >= 4 is 17.5 Å². The molecule has 116 valence electrons. The Balaban J connectivity index is 1.94. The van der Waals surface area contributed by atoms with Crippen molar-refractivity contribution < 1.29 is 15.0 Å². The van der Waals surface area contributed by atoms with Crippen LogP contribution in [0.4, 0.5) is 0 Å². The van der Waals surface area contributed by atoms with Crippen LogP contribution in [0.25, 0.3) is 0 Å². The van der Waals surface area contributed by atoms with Gasteiger partial charge in [-0.2, -0.15) is 0 Å². The van der Waals surface area contributed by atoms with Crippen LogP contribution in [0.3, 0.4) is 0 Å². The van der Waals surface area contributed by atoms with Gasteiger partial charge >= 0.3 is 0 Å². The molecule has 22 heavy (non-hydrogen) atoms. The molecule has 0 unspecified atom stereocenters. The highest BCUT2D eigenvalue weighted by Gasteiger charge is 2.13. The van der Waals surface area contributed by atoms with Crippen molar-refractivity contribution in [3.05, 3.63) is 64.7 Å². The molecule has 0 saturated carbocycles. The summed E-state index contributed by atoms with van der Waals surface area (Å²) in [5.41, 5.74) is 1.32. The third kappa shape index (κ3) is 4.48. The molecule has 3 N–H and O–H groups in total. The van der Waals surface area contributed by atoms with E-state index in [1.165, 1.54) is 12.1 Å². The maximum Gasteiger partial charge on any atom is 0.251 e. The zero-order chi connectivity index (χ0) is 15.9. The predicted octanol–water partition coefficient (Wildman–Crippen LogP) is 2.63. The van der Waals surface area contributed by atoms with Crippen LogP contribution in [0.2, 0.25) is 5.02 Å². The molecule has 2 rings (SSSR count). The molecule has 0 radical (unpaired) electrons. The Morgan fingerprint density at radius 2 is 1.95 bits per heavy atom. The molecule has 1 amide bonds. The lowest BCUT2D eigenvalue weighted by molar-refractivity contribution is 0.0939. The van der Waals surface area contributed by atoms with Crippen LogP contribution < -0.4 is 5.32 Å². The highest BCUT2D eigenvalue weighted by molar-refractivity contribution is 6.31. The third-order valence-corrected chi connectivity index (χ3v) is 3.75. The molecular weight excluding hydrogens is 302 g/mol. The lowest BCUT2D eigenvalue weighted by Crippen LogP contribution is -2.31. The van der Waals surface area contributed by atoms with Crippen LogP contribution in [0, 0.1) is 5.92 Å². The molecule has 2 aromatic carbocycles. The molecule has 0 aliphatic heterocycles. The van der Waals surface area contributed by atoms with Gasteiger partial charge in [-0.1, -0.05) is 35.9 Å². The van der Waals surface area contributed by atoms with E-state index in [2.05, 4.69) is 5.32 Å². The summed E-state index contributed by atoms with van der Waals surface area (Å²) in [5, 5.41) is 22.3. The minimum Gasteiger partial charge on any atom is -0.508 e. The number of carbonyl (C=O) groups excluding carboxylic acids is 1. The van der Waals surface area contributed by atoms with Crippen LogP contribution in [0.1, 0.15) is 15.9 Å². The molecule has 0 aromatic heterocycles. The second-order valence-corrected chi connectivity index (χ2v) is 5.51. The maximum absolute atomic E-state index is 12.0. The average molecular weight is 320 g/mol. The number of benzene rings is 2. The fraction of sp³-hybridized carbons (Fsp3) is 0.235. The molecular formula is C17H18ClNO3. The summed E-state index contributed by atoms with van der Waals surface area (Å²) in [4.78, 5) is 12.0. The Morgan fingerprint density at radius 1 is 1.18 bits per heavy atom. The number of rotatable bonds is 6. The van der Waals surface area contributed by atoms with E-state index in [0.29, 0.717) is 23.6 Å². The summed E-state index contributed by atoms with van der Waals surface area (Å²) >= 11 is 6.10. The van der Waals surface area contributed by atoms with E-state index in [-0.39, 0.29) is 24.2 Å². The van der Waals surface area contributed by atoms with Gasteiger partial charge in [0.1, 0.15) is 5.75 Å². The summed E-state index contributed by atoms with van der Waals surface area (Å²) in [6.07, 6.45) is 0.580. The van der Waals surface area contributed by atoms with Gasteiger partial charge in [-0.15, -0.1) is 0 Å². The second-order valence-electron chi connectivity index (χ2n) is 5.10. The summed E-state index contributed by atoms with van der Waals surface area (Å²) in [5.74, 6) is -0.364. The Kier molecular flexibility index (Phi) is 5.81. The lowest BCUT2D eigenvalue weighted by atomic mass is 10.00. The highest BCUT2D eigenvalue weighted by Crippen LogP contribution is 2.18. The third-order valence-electron chi connectivity index (χ3n) is 3.38. The number of aliphatic hydroxyl groups is 1. The first-order chi connectivity index (χ1) is 10.6. The molecule has 5 heteroatoms. The zero-order valence-electron chi connectivity index (χ0n) is 12.0. The van der Waals surface area contributed by atoms with Gasteiger partial charge in [-0.25, -0.2) is 0 Å². The van der Waals surface area contributed by atoms with Gasteiger partial charge in [0.05, 0.1) is 0 Å². The Bertz CT molecular complexity index is 645. The minimum absolute atomic E-state index is 0.0439. The zero-order valence-corrected chi connectivity index (χ0v) is 12.8. The number of halogens is 1. The number of hydrogen-bond acceptors (Lipinski definition) is 3. The number of phenols is 1. The van der Waals surface area contributed by atoms with E-state index in [1.807, 2.05) is 18.2 Å². The number of nitrogens with one attached hydrogen (secondary N) is 1. The number of carbonyl (C=O) groups is 1. The van der Waals surface area contributed by atoms with Crippen molar-refractivity contribution in [1.29, 1.82) is 0 Å². The molecule has 0 spiro atoms. The van der Waals surface area contributed by atoms with Gasteiger partial charge < -0.3 is 15.5 Å². The van der Waals surface area contributed by atoms with Crippen LogP contribution in [-0.4, -0.2) is 29.3 Å². The molecule has 0 fully saturated rings. The normalized spacial score (nSPS) is 11.9. The van der Waals surface area contributed by atoms with Gasteiger partial charge in [-0.05, 0) is 36.2 Å². The Labute approximate surface area is 134 Å². The van der Waals surface area contributed by atoms with Gasteiger partial charge in [0, 0.05) is 29.7 Å². The van der Waals surface area contributed by atoms with Crippen molar-refractivity contribution in [2.45, 2.75) is 6.42 Å². The van der Waals surface area contributed by atoms with E-state index in [1.54, 1.807) is 18.2 Å². The summed E-state index contributed by atoms with van der Waals surface area (Å²) in [7, 11) is 0. The molecule has 0 aliphatic rings. The van der Waals surface area contributed by atoms with Crippen molar-refractivity contribution in [1.82, 2.24) is 5.32 Å². The van der Waals surface area contributed by atoms with Crippen molar-refractivity contribution in [3.8, 4) is 5.75 Å². The van der Waals surface area contributed by atoms with Crippen LogP contribution in [0.15, 0.2) is 48.5 Å². The molecule has 0 bridgehead atoms. The van der Waals surface area contributed by atoms with Crippen molar-refractivity contribution in [3.63, 3.8) is 0 Å². The summed E-state index contributed by atoms with van der Waals surface area (Å²) in [6.45, 7) is 0.280. The van der Waals surface area contributed by atoms with E-state index in [4.69, 9.17) is 11.6 Å². The summed E-state index contributed by atoms with van der Waals surface area (Å²) in [6, 6.07) is 13.6. The van der Waals surface area contributed by atoms with Crippen molar-refractivity contribution in [2.75, 3.05) is 13.2 Å². The van der Waals surface area contributed by atoms with Crippen LogP contribution >= 0.6 is 11.6 Å². The molecule has 0 saturated heterocycles. The van der Waals surface area contributed by atoms with Crippen LogP contribution in [0.5, 0.6) is 5.75 Å². The van der Waals surface area contributed by atoms with Crippen molar-refractivity contribution in [2.24, 2.45) is 5.92 Å². The first kappa shape index (κ1) is 16.3. The molecule has 0 heterocycles. The maximum atomic E-state index is 12.0. The van der Waals surface area contributed by atoms with E-state index in [9.17, 15) is 15.0 Å². The van der Waals surface area contributed by atoms with Crippen LogP contribution in [-0.2, 0) is 6.42 Å². The number of phenolic OH excluding ortho intramolecular Hbond substituents is 1. The average Bonchev–Trinajstić information content (AvgIpc) is 2.52. The van der Waals surface area contributed by atoms with E-state index in [0.717, 1.165) is 5.56 Å². The second kappa shape index (κ2) is 7.82. The smallest absolute Gasteiger partial charge is 0.251 e. The number of aliphatic hydroxyl groups excluding tert-OH is 1. The molecule has 0 aliphatic carbocycles. The fourth-order valence-corrected chi connectivity index (χ4v) is 2.38. The van der Waals surface area contributed by atoms with Gasteiger partial charge in [0.25, 0.3) is 5.91 Å². The minimum atomic E-state index is -0.284. The Morgan fingerprint density at radius 3 is 2.64 bits per heavy atom. The topological polar surface area (TPSA) is 69.6 Å². The predicted molar refractivity (Wildman–Crippen MR) is 86.2 cm³/mol. The van der Waals surface area contributed by atoms with Gasteiger partial charge in [-0.3, -0.25) is 4.79 Å². The largest absolute Gasteiger partial charge is 0.508 e. The SMILES string of the molecule is O=C(NC[C@H](CO)Cc1ccccc1Cl)c1cccc(O)c1. The standard InChI is InChI=1S/C17H18ClNO3/c18-16-7-2-1-4-13(16)8-12(11-20)10-19-17(22)14-5-3-6-15(21)9-14/h1-7,9,12,20-21H,8,10-11H2,(H,19,22)/t12-/m1/s1.